The molecule has 1 rings (SSSR count). The first-order valence-corrected chi connectivity index (χ1v) is 4.88. The second-order valence-corrected chi connectivity index (χ2v) is 3.84. The lowest BCUT2D eigenvalue weighted by atomic mass is 9.93. The summed E-state index contributed by atoms with van der Waals surface area (Å²) < 4.78 is 42.3. The summed E-state index contributed by atoms with van der Waals surface area (Å²) >= 11 is 0. The van der Waals surface area contributed by atoms with Crippen molar-refractivity contribution in [1.82, 2.24) is 0 Å². The number of benzene rings is 1. The highest BCUT2D eigenvalue weighted by Crippen LogP contribution is 2.39. The topological polar surface area (TPSA) is 83.8 Å². The third-order valence-corrected chi connectivity index (χ3v) is 2.45. The summed E-state index contributed by atoms with van der Waals surface area (Å²) in [5.74, 6) is -1.93. The molecular weight excluding hydrogens is 269 g/mol. The maximum Gasteiger partial charge on any atom is 0.421 e. The Bertz CT molecular complexity index is 508. The zero-order valence-electron chi connectivity index (χ0n) is 9.56. The van der Waals surface area contributed by atoms with Gasteiger partial charge in [0.15, 0.2) is 5.60 Å². The molecule has 2 N–H and O–H groups in total. The number of ether oxygens (including phenoxy) is 1. The van der Waals surface area contributed by atoms with E-state index in [1.807, 2.05) is 0 Å². The van der Waals surface area contributed by atoms with Crippen LogP contribution in [0.1, 0.15) is 22.8 Å². The van der Waals surface area contributed by atoms with Gasteiger partial charge in [-0.1, -0.05) is 0 Å². The highest BCUT2D eigenvalue weighted by atomic mass is 19.4. The van der Waals surface area contributed by atoms with Crippen LogP contribution in [0, 0.1) is 0 Å². The molecule has 0 amide bonds. The predicted octanol–water partition coefficient (Wildman–Crippen LogP) is 1.69. The monoisotopic (exact) mass is 278 g/mol. The lowest BCUT2D eigenvalue weighted by Gasteiger charge is -2.27. The van der Waals surface area contributed by atoms with Gasteiger partial charge in [0.05, 0.1) is 5.56 Å². The number of aromatic carboxylic acids is 1. The first kappa shape index (κ1) is 15.0. The predicted molar refractivity (Wildman–Crippen MR) is 55.7 cm³/mol. The van der Waals surface area contributed by atoms with Crippen LogP contribution in [0.4, 0.5) is 13.2 Å². The van der Waals surface area contributed by atoms with E-state index >= 15 is 0 Å². The fraction of sp³-hybridized carbons (Fsp3) is 0.273. The molecule has 0 fully saturated rings. The maximum atomic E-state index is 12.7. The molecule has 0 aliphatic carbocycles. The number of carbonyl (C=O) groups is 2. The van der Waals surface area contributed by atoms with E-state index in [0.29, 0.717) is 13.0 Å². The van der Waals surface area contributed by atoms with Crippen molar-refractivity contribution in [2.75, 3.05) is 0 Å². The second-order valence-electron chi connectivity index (χ2n) is 3.84. The molecule has 104 valence electrons. The van der Waals surface area contributed by atoms with Crippen LogP contribution in [-0.4, -0.2) is 28.8 Å². The molecule has 1 aromatic carbocycles. The summed E-state index contributed by atoms with van der Waals surface area (Å²) in [4.78, 5) is 20.9. The third-order valence-electron chi connectivity index (χ3n) is 2.45. The number of hydrogen-bond donors (Lipinski definition) is 2. The number of carboxylic acid groups (broad SMARTS) is 1. The van der Waals surface area contributed by atoms with Gasteiger partial charge in [-0.15, -0.1) is 0 Å². The Kier molecular flexibility index (Phi) is 3.85. The lowest BCUT2D eigenvalue weighted by molar-refractivity contribution is -0.258. The Labute approximate surface area is 105 Å². The highest BCUT2D eigenvalue weighted by Gasteiger charge is 2.51. The van der Waals surface area contributed by atoms with Crippen molar-refractivity contribution >= 4 is 12.4 Å². The smallest absolute Gasteiger partial charge is 0.421 e. The Morgan fingerprint density at radius 1 is 1.32 bits per heavy atom. The molecule has 0 aliphatic heterocycles. The molecule has 0 spiro atoms. The Morgan fingerprint density at radius 2 is 1.89 bits per heavy atom. The van der Waals surface area contributed by atoms with E-state index in [1.54, 1.807) is 0 Å². The summed E-state index contributed by atoms with van der Waals surface area (Å²) in [6.07, 6.45) is -5.01. The molecule has 0 heterocycles. The van der Waals surface area contributed by atoms with Crippen LogP contribution >= 0.6 is 0 Å². The number of hydrogen-bond acceptors (Lipinski definition) is 4. The molecule has 0 saturated heterocycles. The van der Waals surface area contributed by atoms with Crippen LogP contribution in [0.5, 0.6) is 5.75 Å². The number of carboxylic acids is 1. The van der Waals surface area contributed by atoms with Gasteiger partial charge < -0.3 is 14.9 Å². The summed E-state index contributed by atoms with van der Waals surface area (Å²) in [7, 11) is 0. The molecule has 1 unspecified atom stereocenters. The summed E-state index contributed by atoms with van der Waals surface area (Å²) in [5.41, 5.74) is -4.55. The third kappa shape index (κ3) is 3.02. The molecule has 0 radical (unpaired) electrons. The molecule has 1 atom stereocenters. The van der Waals surface area contributed by atoms with Crippen LogP contribution in [0.15, 0.2) is 18.2 Å². The zero-order chi connectivity index (χ0) is 14.8. The van der Waals surface area contributed by atoms with E-state index in [0.717, 1.165) is 12.1 Å². The Hall–Kier alpha value is -2.09. The molecule has 8 heteroatoms. The van der Waals surface area contributed by atoms with Crippen molar-refractivity contribution in [2.45, 2.75) is 18.7 Å². The molecule has 0 saturated carbocycles. The van der Waals surface area contributed by atoms with Crippen molar-refractivity contribution in [3.05, 3.63) is 29.3 Å². The second kappa shape index (κ2) is 4.88. The van der Waals surface area contributed by atoms with Crippen molar-refractivity contribution in [1.29, 1.82) is 0 Å². The number of rotatable bonds is 4. The standard InChI is InChI=1S/C11H9F3O5/c1-10(18,11(12,13)14)7-2-6(9(16)17)3-8(4-7)19-5-15/h2-5,18H,1H3,(H,16,17). The van der Waals surface area contributed by atoms with Gasteiger partial charge in [0.2, 0.25) is 0 Å². The molecule has 1 aromatic rings. The maximum absolute atomic E-state index is 12.7. The van der Waals surface area contributed by atoms with Gasteiger partial charge in [0, 0.05) is 0 Å². The van der Waals surface area contributed by atoms with Crippen LogP contribution in [0.2, 0.25) is 0 Å². The highest BCUT2D eigenvalue weighted by molar-refractivity contribution is 5.88. The van der Waals surface area contributed by atoms with Gasteiger partial charge in [-0.3, -0.25) is 4.79 Å². The van der Waals surface area contributed by atoms with Gasteiger partial charge in [0.25, 0.3) is 6.47 Å². The van der Waals surface area contributed by atoms with Gasteiger partial charge in [-0.05, 0) is 30.7 Å². The molecule has 0 aliphatic rings. The van der Waals surface area contributed by atoms with E-state index in [-0.39, 0.29) is 6.47 Å². The number of alkyl halides is 3. The zero-order valence-corrected chi connectivity index (χ0v) is 9.56. The number of aliphatic hydroxyl groups is 1. The van der Waals surface area contributed by atoms with Crippen LogP contribution < -0.4 is 4.74 Å². The van der Waals surface area contributed by atoms with E-state index in [1.165, 1.54) is 0 Å². The fourth-order valence-electron chi connectivity index (χ4n) is 1.29. The normalized spacial score (nSPS) is 14.6. The number of carbonyl (C=O) groups excluding carboxylic acids is 1. The van der Waals surface area contributed by atoms with E-state index < -0.39 is 34.6 Å². The fourth-order valence-corrected chi connectivity index (χ4v) is 1.29. The van der Waals surface area contributed by atoms with Crippen molar-refractivity contribution in [3.8, 4) is 5.75 Å². The van der Waals surface area contributed by atoms with Gasteiger partial charge >= 0.3 is 12.1 Å². The quantitative estimate of drug-likeness (QED) is 0.819. The van der Waals surface area contributed by atoms with Crippen molar-refractivity contribution in [2.24, 2.45) is 0 Å². The van der Waals surface area contributed by atoms with Crippen LogP contribution in [0.25, 0.3) is 0 Å². The van der Waals surface area contributed by atoms with Gasteiger partial charge in [-0.25, -0.2) is 4.79 Å². The summed E-state index contributed by atoms with van der Waals surface area (Å²) in [5, 5.41) is 18.2. The minimum atomic E-state index is -5.01. The van der Waals surface area contributed by atoms with Crippen LogP contribution in [-0.2, 0) is 10.4 Å². The van der Waals surface area contributed by atoms with Crippen molar-refractivity contribution in [3.63, 3.8) is 0 Å². The van der Waals surface area contributed by atoms with E-state index in [4.69, 9.17) is 5.11 Å². The van der Waals surface area contributed by atoms with E-state index in [2.05, 4.69) is 4.74 Å². The lowest BCUT2D eigenvalue weighted by Crippen LogP contribution is -2.39. The first-order chi connectivity index (χ1) is 8.59. The number of halogens is 3. The Balaban J connectivity index is 3.42. The Morgan fingerprint density at radius 3 is 2.32 bits per heavy atom. The minimum Gasteiger partial charge on any atom is -0.478 e. The molecule has 0 bridgehead atoms. The molecular formula is C11H9F3O5. The van der Waals surface area contributed by atoms with Crippen molar-refractivity contribution < 1.29 is 37.7 Å². The minimum absolute atomic E-state index is 0.0625. The van der Waals surface area contributed by atoms with Crippen LogP contribution in [0.3, 0.4) is 0 Å². The van der Waals surface area contributed by atoms with Gasteiger partial charge in [0.1, 0.15) is 5.75 Å². The average molecular weight is 278 g/mol. The van der Waals surface area contributed by atoms with E-state index in [9.17, 15) is 27.9 Å². The SMILES string of the molecule is CC(O)(c1cc(OC=O)cc(C(=O)O)c1)C(F)(F)F. The molecule has 5 nitrogen and oxygen atoms in total. The van der Waals surface area contributed by atoms with Gasteiger partial charge in [-0.2, -0.15) is 13.2 Å². The largest absolute Gasteiger partial charge is 0.478 e. The average Bonchev–Trinajstić information content (AvgIpc) is 2.27. The molecule has 0 aromatic heterocycles. The first-order valence-electron chi connectivity index (χ1n) is 4.88. The summed E-state index contributed by atoms with van der Waals surface area (Å²) in [6, 6.07) is 2.27. The molecule has 19 heavy (non-hydrogen) atoms. The summed E-state index contributed by atoms with van der Waals surface area (Å²) in [6.45, 7) is 0.408.